The second-order valence-corrected chi connectivity index (χ2v) is 5.40. The predicted molar refractivity (Wildman–Crippen MR) is 83.6 cm³/mol. The number of aromatic nitrogens is 2. The lowest BCUT2D eigenvalue weighted by atomic mass is 10.1. The molecule has 0 atom stereocenters. The minimum atomic E-state index is 0.436. The van der Waals surface area contributed by atoms with Crippen LogP contribution >= 0.6 is 0 Å². The van der Waals surface area contributed by atoms with Crippen LogP contribution in [0.25, 0.3) is 11.3 Å². The summed E-state index contributed by atoms with van der Waals surface area (Å²) in [4.78, 5) is 9.15. The Morgan fingerprint density at radius 3 is 2.40 bits per heavy atom. The van der Waals surface area contributed by atoms with Crippen LogP contribution in [0.2, 0.25) is 0 Å². The van der Waals surface area contributed by atoms with Crippen LogP contribution in [0.1, 0.15) is 37.9 Å². The summed E-state index contributed by atoms with van der Waals surface area (Å²) < 4.78 is 0. The number of nitrogens with one attached hydrogen (secondary N) is 1. The smallest absolute Gasteiger partial charge is 0.143 e. The van der Waals surface area contributed by atoms with Gasteiger partial charge in [0, 0.05) is 17.3 Å². The molecule has 0 saturated heterocycles. The molecule has 1 aromatic carbocycles. The van der Waals surface area contributed by atoms with E-state index >= 15 is 0 Å². The van der Waals surface area contributed by atoms with Crippen molar-refractivity contribution in [3.05, 3.63) is 47.4 Å². The maximum absolute atomic E-state index is 4.66. The number of hydrogen-bond acceptors (Lipinski definition) is 3. The molecule has 0 aliphatic heterocycles. The summed E-state index contributed by atoms with van der Waals surface area (Å²) in [5.74, 6) is 0.855. The molecular weight excluding hydrogens is 246 g/mol. The van der Waals surface area contributed by atoms with Gasteiger partial charge < -0.3 is 5.32 Å². The van der Waals surface area contributed by atoms with E-state index in [1.165, 1.54) is 5.56 Å². The van der Waals surface area contributed by atoms with Crippen molar-refractivity contribution in [3.63, 3.8) is 0 Å². The lowest BCUT2D eigenvalue weighted by molar-refractivity contribution is 0.571. The van der Waals surface area contributed by atoms with Crippen LogP contribution in [0.3, 0.4) is 0 Å². The minimum Gasteiger partial charge on any atom is -0.308 e. The Balaban J connectivity index is 2.26. The Labute approximate surface area is 121 Å². The van der Waals surface area contributed by atoms with Crippen LogP contribution in [0, 0.1) is 6.92 Å². The molecule has 0 saturated carbocycles. The molecule has 0 amide bonds. The SMILES string of the molecule is CCc1ccc(-c2cc(C)nc(CNC(C)C)n2)cc1. The van der Waals surface area contributed by atoms with Crippen molar-refractivity contribution in [1.82, 2.24) is 15.3 Å². The lowest BCUT2D eigenvalue weighted by Gasteiger charge is -2.09. The lowest BCUT2D eigenvalue weighted by Crippen LogP contribution is -2.23. The van der Waals surface area contributed by atoms with Gasteiger partial charge in [0.05, 0.1) is 12.2 Å². The van der Waals surface area contributed by atoms with Gasteiger partial charge >= 0.3 is 0 Å². The topological polar surface area (TPSA) is 37.8 Å². The van der Waals surface area contributed by atoms with Crippen LogP contribution in [0.5, 0.6) is 0 Å². The highest BCUT2D eigenvalue weighted by molar-refractivity contribution is 5.59. The summed E-state index contributed by atoms with van der Waals surface area (Å²) in [6, 6.07) is 11.1. The first-order valence-electron chi connectivity index (χ1n) is 7.25. The summed E-state index contributed by atoms with van der Waals surface area (Å²) in [6.45, 7) is 9.14. The molecule has 3 heteroatoms. The van der Waals surface area contributed by atoms with E-state index in [1.807, 2.05) is 13.0 Å². The molecule has 106 valence electrons. The molecule has 0 aliphatic carbocycles. The summed E-state index contributed by atoms with van der Waals surface area (Å²) in [7, 11) is 0. The zero-order valence-electron chi connectivity index (χ0n) is 12.8. The van der Waals surface area contributed by atoms with Gasteiger partial charge in [0.25, 0.3) is 0 Å². The summed E-state index contributed by atoms with van der Waals surface area (Å²) in [5.41, 5.74) is 4.51. The molecule has 1 N–H and O–H groups in total. The summed E-state index contributed by atoms with van der Waals surface area (Å²) >= 11 is 0. The summed E-state index contributed by atoms with van der Waals surface area (Å²) in [6.07, 6.45) is 1.06. The Morgan fingerprint density at radius 2 is 1.80 bits per heavy atom. The first-order valence-corrected chi connectivity index (χ1v) is 7.25. The van der Waals surface area contributed by atoms with Crippen molar-refractivity contribution in [1.29, 1.82) is 0 Å². The highest BCUT2D eigenvalue weighted by Crippen LogP contribution is 2.18. The van der Waals surface area contributed by atoms with Gasteiger partial charge in [-0.1, -0.05) is 45.0 Å². The molecule has 0 unspecified atom stereocenters. The number of rotatable bonds is 5. The Morgan fingerprint density at radius 1 is 1.10 bits per heavy atom. The van der Waals surface area contributed by atoms with Crippen molar-refractivity contribution in [2.75, 3.05) is 0 Å². The van der Waals surface area contributed by atoms with E-state index < -0.39 is 0 Å². The average molecular weight is 269 g/mol. The second kappa shape index (κ2) is 6.62. The molecule has 1 aromatic heterocycles. The molecule has 3 nitrogen and oxygen atoms in total. The Bertz CT molecular complexity index is 559. The number of benzene rings is 1. The molecule has 2 rings (SSSR count). The van der Waals surface area contributed by atoms with Gasteiger partial charge in [0.1, 0.15) is 5.82 Å². The quantitative estimate of drug-likeness (QED) is 0.902. The fraction of sp³-hybridized carbons (Fsp3) is 0.412. The van der Waals surface area contributed by atoms with E-state index in [-0.39, 0.29) is 0 Å². The third kappa shape index (κ3) is 3.87. The molecular formula is C17H23N3. The highest BCUT2D eigenvalue weighted by Gasteiger charge is 2.05. The van der Waals surface area contributed by atoms with Crippen molar-refractivity contribution in [2.24, 2.45) is 0 Å². The van der Waals surface area contributed by atoms with Crippen molar-refractivity contribution < 1.29 is 0 Å². The van der Waals surface area contributed by atoms with Crippen molar-refractivity contribution >= 4 is 0 Å². The van der Waals surface area contributed by atoms with Gasteiger partial charge in [-0.15, -0.1) is 0 Å². The van der Waals surface area contributed by atoms with Gasteiger partial charge in [-0.25, -0.2) is 9.97 Å². The molecule has 0 spiro atoms. The van der Waals surface area contributed by atoms with Gasteiger partial charge in [-0.3, -0.25) is 0 Å². The average Bonchev–Trinajstić information content (AvgIpc) is 2.44. The first kappa shape index (κ1) is 14.7. The monoisotopic (exact) mass is 269 g/mol. The van der Waals surface area contributed by atoms with Gasteiger partial charge in [-0.05, 0) is 25.0 Å². The number of aryl methyl sites for hydroxylation is 2. The highest BCUT2D eigenvalue weighted by atomic mass is 15.0. The predicted octanol–water partition coefficient (Wildman–Crippen LogP) is 3.51. The first-order chi connectivity index (χ1) is 9.58. The molecule has 20 heavy (non-hydrogen) atoms. The van der Waals surface area contributed by atoms with Crippen molar-refractivity contribution in [3.8, 4) is 11.3 Å². The molecule has 0 radical (unpaired) electrons. The van der Waals surface area contributed by atoms with Crippen LogP contribution in [0.15, 0.2) is 30.3 Å². The molecule has 0 bridgehead atoms. The second-order valence-electron chi connectivity index (χ2n) is 5.40. The van der Waals surface area contributed by atoms with Crippen LogP contribution in [-0.4, -0.2) is 16.0 Å². The Hall–Kier alpha value is -1.74. The number of nitrogens with zero attached hydrogens (tertiary/aromatic N) is 2. The standard InChI is InChI=1S/C17H23N3/c1-5-14-6-8-15(9-7-14)16-10-13(4)19-17(20-16)11-18-12(2)3/h6-10,12,18H,5,11H2,1-4H3. The largest absolute Gasteiger partial charge is 0.308 e. The molecule has 0 fully saturated rings. The molecule has 0 aliphatic rings. The minimum absolute atomic E-state index is 0.436. The van der Waals surface area contributed by atoms with Crippen LogP contribution in [0.4, 0.5) is 0 Å². The van der Waals surface area contributed by atoms with Gasteiger partial charge in [0.2, 0.25) is 0 Å². The fourth-order valence-electron chi connectivity index (χ4n) is 2.06. The van der Waals surface area contributed by atoms with E-state index in [2.05, 4.69) is 60.3 Å². The third-order valence-corrected chi connectivity index (χ3v) is 3.23. The van der Waals surface area contributed by atoms with Gasteiger partial charge in [0.15, 0.2) is 0 Å². The van der Waals surface area contributed by atoms with E-state index in [9.17, 15) is 0 Å². The van der Waals surface area contributed by atoms with E-state index in [1.54, 1.807) is 0 Å². The maximum Gasteiger partial charge on any atom is 0.143 e. The zero-order chi connectivity index (χ0) is 14.5. The number of hydrogen-bond donors (Lipinski definition) is 1. The summed E-state index contributed by atoms with van der Waals surface area (Å²) in [5, 5.41) is 3.36. The normalized spacial score (nSPS) is 11.1. The van der Waals surface area contributed by atoms with E-state index in [0.29, 0.717) is 12.6 Å². The molecule has 1 heterocycles. The van der Waals surface area contributed by atoms with E-state index in [4.69, 9.17) is 0 Å². The zero-order valence-corrected chi connectivity index (χ0v) is 12.8. The third-order valence-electron chi connectivity index (χ3n) is 3.23. The van der Waals surface area contributed by atoms with Crippen LogP contribution < -0.4 is 5.32 Å². The van der Waals surface area contributed by atoms with E-state index in [0.717, 1.165) is 29.2 Å². The van der Waals surface area contributed by atoms with Gasteiger partial charge in [-0.2, -0.15) is 0 Å². The van der Waals surface area contributed by atoms with Crippen LogP contribution in [-0.2, 0) is 13.0 Å². The maximum atomic E-state index is 4.66. The van der Waals surface area contributed by atoms with Crippen molar-refractivity contribution in [2.45, 2.75) is 46.7 Å². The fourth-order valence-corrected chi connectivity index (χ4v) is 2.06. The molecule has 2 aromatic rings. The Kier molecular flexibility index (Phi) is 4.85.